The van der Waals surface area contributed by atoms with Crippen LogP contribution >= 0.6 is 8.60 Å². The van der Waals surface area contributed by atoms with E-state index in [1.807, 2.05) is 0 Å². The lowest BCUT2D eigenvalue weighted by atomic mass is 10.4. The molecular formula is C14H33O4P. The minimum atomic E-state index is -1.10. The Bertz CT molecular complexity index is 124. The lowest BCUT2D eigenvalue weighted by Crippen LogP contribution is -1.99. The molecule has 0 unspecified atom stereocenters. The quantitative estimate of drug-likeness (QED) is 0.420. The zero-order valence-electron chi connectivity index (χ0n) is 13.2. The van der Waals surface area contributed by atoms with Crippen molar-refractivity contribution in [1.82, 2.24) is 0 Å². The first-order valence-corrected chi connectivity index (χ1v) is 8.65. The molecule has 0 aromatic carbocycles. The molecule has 19 heavy (non-hydrogen) atoms. The van der Waals surface area contributed by atoms with Crippen LogP contribution in [0.5, 0.6) is 0 Å². The third-order valence-electron chi connectivity index (χ3n) is 2.08. The van der Waals surface area contributed by atoms with Crippen LogP contribution in [0.4, 0.5) is 0 Å². The molecule has 1 N–H and O–H groups in total. The normalized spacial score (nSPS) is 10.4. The van der Waals surface area contributed by atoms with Crippen molar-refractivity contribution in [2.75, 3.05) is 26.4 Å². The molecule has 0 aliphatic heterocycles. The van der Waals surface area contributed by atoms with Gasteiger partial charge in [0.1, 0.15) is 0 Å². The lowest BCUT2D eigenvalue weighted by Gasteiger charge is -2.16. The van der Waals surface area contributed by atoms with Gasteiger partial charge < -0.3 is 18.7 Å². The fourth-order valence-corrected chi connectivity index (χ4v) is 2.02. The molecule has 0 atom stereocenters. The number of rotatable bonds is 12. The van der Waals surface area contributed by atoms with Crippen molar-refractivity contribution < 1.29 is 18.7 Å². The summed E-state index contributed by atoms with van der Waals surface area (Å²) in [6.45, 7) is 10.6. The molecule has 5 heteroatoms. The van der Waals surface area contributed by atoms with Crippen molar-refractivity contribution in [3.8, 4) is 0 Å². The van der Waals surface area contributed by atoms with Gasteiger partial charge in [0.05, 0.1) is 19.8 Å². The van der Waals surface area contributed by atoms with Crippen LogP contribution in [0, 0.1) is 0 Å². The van der Waals surface area contributed by atoms with Crippen LogP contribution in [0.2, 0.25) is 0 Å². The van der Waals surface area contributed by atoms with E-state index in [0.717, 1.165) is 58.3 Å². The van der Waals surface area contributed by atoms with Gasteiger partial charge in [0.15, 0.2) is 0 Å². The zero-order chi connectivity index (χ0) is 14.8. The first-order valence-electron chi connectivity index (χ1n) is 7.56. The van der Waals surface area contributed by atoms with E-state index >= 15 is 0 Å². The fourth-order valence-electron chi connectivity index (χ4n) is 0.962. The molecule has 0 bridgehead atoms. The van der Waals surface area contributed by atoms with Gasteiger partial charge in [0.25, 0.3) is 0 Å². The van der Waals surface area contributed by atoms with Crippen molar-refractivity contribution in [2.24, 2.45) is 0 Å². The van der Waals surface area contributed by atoms with Crippen molar-refractivity contribution in [1.29, 1.82) is 0 Å². The van der Waals surface area contributed by atoms with Gasteiger partial charge >= 0.3 is 8.60 Å². The van der Waals surface area contributed by atoms with Crippen LogP contribution in [0.15, 0.2) is 0 Å². The maximum absolute atomic E-state index is 7.57. The van der Waals surface area contributed by atoms with E-state index in [4.69, 9.17) is 18.7 Å². The van der Waals surface area contributed by atoms with E-state index < -0.39 is 8.60 Å². The van der Waals surface area contributed by atoms with Gasteiger partial charge in [0, 0.05) is 6.61 Å². The standard InChI is InChI=1S/C12H27O3P.C2H6O/c1-4-7-10-13-16(14-11-8-5-2)15-12-9-6-3;1-2-3/h4-12H2,1-3H3;3H,2H2,1H3. The molecule has 118 valence electrons. The Balaban J connectivity index is 0. The molecule has 0 amide bonds. The summed E-state index contributed by atoms with van der Waals surface area (Å²) < 4.78 is 16.8. The molecule has 0 aromatic heterocycles. The summed E-state index contributed by atoms with van der Waals surface area (Å²) in [6, 6.07) is 0. The summed E-state index contributed by atoms with van der Waals surface area (Å²) in [4.78, 5) is 0. The third kappa shape index (κ3) is 20.7. The van der Waals surface area contributed by atoms with Gasteiger partial charge in [-0.3, -0.25) is 0 Å². The summed E-state index contributed by atoms with van der Waals surface area (Å²) >= 11 is 0. The minimum Gasteiger partial charge on any atom is -0.397 e. The number of hydrogen-bond donors (Lipinski definition) is 1. The third-order valence-corrected chi connectivity index (χ3v) is 3.26. The highest BCUT2D eigenvalue weighted by Crippen LogP contribution is 2.40. The molecule has 0 rings (SSSR count). The van der Waals surface area contributed by atoms with Crippen molar-refractivity contribution in [2.45, 2.75) is 66.2 Å². The second-order valence-electron chi connectivity index (χ2n) is 4.10. The molecule has 0 radical (unpaired) electrons. The Labute approximate surface area is 120 Å². The SMILES string of the molecule is CCCCOP(OCCCC)OCCCC.CCO. The van der Waals surface area contributed by atoms with E-state index in [2.05, 4.69) is 20.8 Å². The molecule has 0 heterocycles. The van der Waals surface area contributed by atoms with E-state index in [0.29, 0.717) is 0 Å². The first-order chi connectivity index (χ1) is 9.26. The van der Waals surface area contributed by atoms with Crippen molar-refractivity contribution in [3.63, 3.8) is 0 Å². The van der Waals surface area contributed by atoms with Crippen molar-refractivity contribution in [3.05, 3.63) is 0 Å². The van der Waals surface area contributed by atoms with Crippen LogP contribution in [0.25, 0.3) is 0 Å². The summed E-state index contributed by atoms with van der Waals surface area (Å²) in [7, 11) is -1.10. The largest absolute Gasteiger partial charge is 0.397 e. The molecule has 0 saturated carbocycles. The van der Waals surface area contributed by atoms with Gasteiger partial charge in [-0.05, 0) is 26.2 Å². The molecule has 0 spiro atoms. The summed E-state index contributed by atoms with van der Waals surface area (Å²) in [5.41, 5.74) is 0. The van der Waals surface area contributed by atoms with E-state index in [1.54, 1.807) is 6.92 Å². The second kappa shape index (κ2) is 20.6. The predicted octanol–water partition coefficient (Wildman–Crippen LogP) is 4.66. The molecule has 0 aromatic rings. The molecule has 4 nitrogen and oxygen atoms in total. The highest BCUT2D eigenvalue weighted by atomic mass is 31.2. The molecule has 0 aliphatic rings. The average Bonchev–Trinajstić information content (AvgIpc) is 2.40. The van der Waals surface area contributed by atoms with Crippen LogP contribution < -0.4 is 0 Å². The Morgan fingerprint density at radius 1 is 0.684 bits per heavy atom. The van der Waals surface area contributed by atoms with Gasteiger partial charge in [0.2, 0.25) is 0 Å². The number of hydrogen-bond acceptors (Lipinski definition) is 4. The Morgan fingerprint density at radius 2 is 0.947 bits per heavy atom. The van der Waals surface area contributed by atoms with Crippen LogP contribution in [0.3, 0.4) is 0 Å². The molecule has 0 fully saturated rings. The number of aliphatic hydroxyl groups is 1. The average molecular weight is 296 g/mol. The highest BCUT2D eigenvalue weighted by Gasteiger charge is 2.11. The Hall–Kier alpha value is 0.270. The Kier molecular flexibility index (Phi) is 23.4. The van der Waals surface area contributed by atoms with Crippen LogP contribution in [-0.4, -0.2) is 31.5 Å². The second-order valence-corrected chi connectivity index (χ2v) is 5.32. The Morgan fingerprint density at radius 3 is 1.16 bits per heavy atom. The van der Waals surface area contributed by atoms with Crippen LogP contribution in [0.1, 0.15) is 66.2 Å². The highest BCUT2D eigenvalue weighted by molar-refractivity contribution is 7.41. The monoisotopic (exact) mass is 296 g/mol. The van der Waals surface area contributed by atoms with Crippen LogP contribution in [-0.2, 0) is 13.6 Å². The van der Waals surface area contributed by atoms with E-state index in [1.165, 1.54) is 0 Å². The summed E-state index contributed by atoms with van der Waals surface area (Å²) in [5, 5.41) is 7.57. The van der Waals surface area contributed by atoms with Gasteiger partial charge in [-0.1, -0.05) is 40.0 Å². The minimum absolute atomic E-state index is 0.250. The number of aliphatic hydroxyl groups excluding tert-OH is 1. The smallest absolute Gasteiger partial charge is 0.332 e. The maximum Gasteiger partial charge on any atom is 0.332 e. The topological polar surface area (TPSA) is 47.9 Å². The van der Waals surface area contributed by atoms with E-state index in [-0.39, 0.29) is 6.61 Å². The predicted molar refractivity (Wildman–Crippen MR) is 82.3 cm³/mol. The fraction of sp³-hybridized carbons (Fsp3) is 1.00. The van der Waals surface area contributed by atoms with E-state index in [9.17, 15) is 0 Å². The van der Waals surface area contributed by atoms with Gasteiger partial charge in [-0.2, -0.15) is 0 Å². The molecule has 0 aliphatic carbocycles. The summed E-state index contributed by atoms with van der Waals surface area (Å²) in [6.07, 6.45) is 6.67. The number of unbranched alkanes of at least 4 members (excludes halogenated alkanes) is 3. The molecule has 0 saturated heterocycles. The van der Waals surface area contributed by atoms with Gasteiger partial charge in [-0.15, -0.1) is 0 Å². The van der Waals surface area contributed by atoms with Gasteiger partial charge in [-0.25, -0.2) is 0 Å². The maximum atomic E-state index is 7.57. The molecular weight excluding hydrogens is 263 g/mol. The zero-order valence-corrected chi connectivity index (χ0v) is 14.1. The lowest BCUT2D eigenvalue weighted by molar-refractivity contribution is 0.155. The first kappa shape index (κ1) is 21.6. The van der Waals surface area contributed by atoms with Crippen molar-refractivity contribution >= 4 is 8.60 Å². The summed E-state index contributed by atoms with van der Waals surface area (Å²) in [5.74, 6) is 0.